The number of phenolic OH excluding ortho intramolecular Hbond substituents is 1. The normalized spacial score (nSPS) is 13.6. The second-order valence-corrected chi connectivity index (χ2v) is 5.14. The summed E-state index contributed by atoms with van der Waals surface area (Å²) in [5.41, 5.74) is 2.90. The minimum atomic E-state index is -5.08. The van der Waals surface area contributed by atoms with Crippen molar-refractivity contribution in [2.75, 3.05) is 13.2 Å². The summed E-state index contributed by atoms with van der Waals surface area (Å²) >= 11 is 0. The number of alkyl halides is 3. The van der Waals surface area contributed by atoms with Gasteiger partial charge < -0.3 is 20.3 Å². The van der Waals surface area contributed by atoms with E-state index in [-0.39, 0.29) is 5.75 Å². The number of carboxylic acids is 1. The van der Waals surface area contributed by atoms with Gasteiger partial charge in [-0.15, -0.1) is 0 Å². The van der Waals surface area contributed by atoms with Gasteiger partial charge in [-0.3, -0.25) is 0 Å². The highest BCUT2D eigenvalue weighted by atomic mass is 19.4. The molecule has 5 nitrogen and oxygen atoms in total. The van der Waals surface area contributed by atoms with Crippen molar-refractivity contribution in [1.29, 1.82) is 0 Å². The third-order valence-electron chi connectivity index (χ3n) is 3.37. The van der Waals surface area contributed by atoms with E-state index in [1.165, 1.54) is 0 Å². The molecule has 0 spiro atoms. The maximum Gasteiger partial charge on any atom is 0.490 e. The topological polar surface area (TPSA) is 78.8 Å². The Labute approximate surface area is 141 Å². The van der Waals surface area contributed by atoms with Crippen LogP contribution in [0.4, 0.5) is 13.2 Å². The molecule has 0 amide bonds. The van der Waals surface area contributed by atoms with E-state index >= 15 is 0 Å². The average molecular weight is 355 g/mol. The molecule has 0 unspecified atom stereocenters. The van der Waals surface area contributed by atoms with Gasteiger partial charge in [-0.25, -0.2) is 4.79 Å². The molecule has 1 aliphatic heterocycles. The molecule has 0 atom stereocenters. The monoisotopic (exact) mass is 355 g/mol. The predicted molar refractivity (Wildman–Crippen MR) is 84.4 cm³/mol. The molecule has 0 aromatic heterocycles. The van der Waals surface area contributed by atoms with Crippen molar-refractivity contribution in [3.63, 3.8) is 0 Å². The summed E-state index contributed by atoms with van der Waals surface area (Å²) in [6.07, 6.45) is -5.08. The highest BCUT2D eigenvalue weighted by molar-refractivity contribution is 5.76. The van der Waals surface area contributed by atoms with Gasteiger partial charge in [0, 0.05) is 29.8 Å². The maximum atomic E-state index is 10.6. The quantitative estimate of drug-likeness (QED) is 0.732. The smallest absolute Gasteiger partial charge is 0.490 e. The van der Waals surface area contributed by atoms with Crippen LogP contribution in [0, 0.1) is 0 Å². The zero-order chi connectivity index (χ0) is 18.4. The van der Waals surface area contributed by atoms with Crippen LogP contribution in [0.15, 0.2) is 42.5 Å². The summed E-state index contributed by atoms with van der Waals surface area (Å²) in [6, 6.07) is 13.4. The van der Waals surface area contributed by atoms with Gasteiger partial charge in [0.15, 0.2) is 0 Å². The Balaban J connectivity index is 0.000000277. The summed E-state index contributed by atoms with van der Waals surface area (Å²) in [7, 11) is 0. The summed E-state index contributed by atoms with van der Waals surface area (Å²) in [4.78, 5) is 8.90. The van der Waals surface area contributed by atoms with Gasteiger partial charge >= 0.3 is 12.1 Å². The standard InChI is InChI=1S/C15H15NO2.C2HF3O2/c17-14-7-2-1-5-12(14)13-6-3-4-11-10-16-8-9-18-15(11)13;3-2(4,5)1(6)7/h1-7,16-17H,8-10H2;(H,6,7). The Hall–Kier alpha value is -2.74. The van der Waals surface area contributed by atoms with Crippen LogP contribution in [0.1, 0.15) is 5.56 Å². The Bertz CT molecular complexity index is 747. The van der Waals surface area contributed by atoms with Crippen LogP contribution in [-0.2, 0) is 11.3 Å². The first-order chi connectivity index (χ1) is 11.8. The number of ether oxygens (including phenoxy) is 1. The Morgan fingerprint density at radius 2 is 1.72 bits per heavy atom. The summed E-state index contributed by atoms with van der Waals surface area (Å²) in [5.74, 6) is -1.59. The number of phenols is 1. The van der Waals surface area contributed by atoms with Crippen molar-refractivity contribution in [3.05, 3.63) is 48.0 Å². The molecule has 0 saturated heterocycles. The van der Waals surface area contributed by atoms with Crippen LogP contribution in [0.5, 0.6) is 11.5 Å². The SMILES string of the molecule is O=C(O)C(F)(F)F.Oc1ccccc1-c1cccc2c1OCCNC2. The van der Waals surface area contributed by atoms with Gasteiger partial charge in [-0.1, -0.05) is 36.4 Å². The lowest BCUT2D eigenvalue weighted by Crippen LogP contribution is -2.21. The lowest BCUT2D eigenvalue weighted by atomic mass is 10.0. The lowest BCUT2D eigenvalue weighted by molar-refractivity contribution is -0.192. The van der Waals surface area contributed by atoms with Crippen LogP contribution in [0.2, 0.25) is 0 Å². The third-order valence-corrected chi connectivity index (χ3v) is 3.37. The molecule has 1 aliphatic rings. The van der Waals surface area contributed by atoms with Crippen molar-refractivity contribution in [3.8, 4) is 22.6 Å². The van der Waals surface area contributed by atoms with E-state index in [1.54, 1.807) is 6.07 Å². The first-order valence-corrected chi connectivity index (χ1v) is 7.34. The molecule has 0 bridgehead atoms. The molecule has 3 N–H and O–H groups in total. The van der Waals surface area contributed by atoms with Crippen molar-refractivity contribution in [1.82, 2.24) is 5.32 Å². The first kappa shape index (κ1) is 18.6. The molecule has 0 radical (unpaired) electrons. The number of hydrogen-bond donors (Lipinski definition) is 3. The second-order valence-electron chi connectivity index (χ2n) is 5.14. The summed E-state index contributed by atoms with van der Waals surface area (Å²) in [6.45, 7) is 2.29. The Kier molecular flexibility index (Phi) is 5.87. The number of aromatic hydroxyl groups is 1. The van der Waals surface area contributed by atoms with Crippen molar-refractivity contribution >= 4 is 5.97 Å². The number of halogens is 3. The number of rotatable bonds is 1. The number of carboxylic acid groups (broad SMARTS) is 1. The molecular weight excluding hydrogens is 339 g/mol. The van der Waals surface area contributed by atoms with Gasteiger partial charge in [0.05, 0.1) is 0 Å². The minimum Gasteiger partial charge on any atom is -0.507 e. The number of para-hydroxylation sites is 2. The highest BCUT2D eigenvalue weighted by Gasteiger charge is 2.38. The fourth-order valence-corrected chi connectivity index (χ4v) is 2.26. The largest absolute Gasteiger partial charge is 0.507 e. The van der Waals surface area contributed by atoms with Crippen LogP contribution in [-0.4, -0.2) is 35.5 Å². The zero-order valence-electron chi connectivity index (χ0n) is 13.0. The fourth-order valence-electron chi connectivity index (χ4n) is 2.26. The molecule has 2 aromatic carbocycles. The van der Waals surface area contributed by atoms with E-state index in [2.05, 4.69) is 11.4 Å². The number of hydrogen-bond acceptors (Lipinski definition) is 4. The first-order valence-electron chi connectivity index (χ1n) is 7.34. The molecule has 25 heavy (non-hydrogen) atoms. The summed E-state index contributed by atoms with van der Waals surface area (Å²) < 4.78 is 37.6. The lowest BCUT2D eigenvalue weighted by Gasteiger charge is -2.13. The van der Waals surface area contributed by atoms with Crippen LogP contribution in [0.25, 0.3) is 11.1 Å². The molecule has 0 fully saturated rings. The van der Waals surface area contributed by atoms with Crippen LogP contribution in [0.3, 0.4) is 0 Å². The second kappa shape index (κ2) is 7.89. The Morgan fingerprint density at radius 3 is 2.36 bits per heavy atom. The number of aliphatic carboxylic acids is 1. The van der Waals surface area contributed by atoms with E-state index in [4.69, 9.17) is 14.6 Å². The van der Waals surface area contributed by atoms with E-state index in [9.17, 15) is 18.3 Å². The average Bonchev–Trinajstić information content (AvgIpc) is 2.80. The van der Waals surface area contributed by atoms with Crippen molar-refractivity contribution < 1.29 is 32.9 Å². The molecule has 1 heterocycles. The van der Waals surface area contributed by atoms with Gasteiger partial charge in [-0.05, 0) is 6.07 Å². The molecule has 0 aliphatic carbocycles. The number of carbonyl (C=O) groups is 1. The minimum absolute atomic E-state index is 0.284. The zero-order valence-corrected chi connectivity index (χ0v) is 13.0. The van der Waals surface area contributed by atoms with Gasteiger partial charge in [0.1, 0.15) is 18.1 Å². The van der Waals surface area contributed by atoms with E-state index < -0.39 is 12.1 Å². The van der Waals surface area contributed by atoms with Crippen molar-refractivity contribution in [2.45, 2.75) is 12.7 Å². The van der Waals surface area contributed by atoms with Crippen molar-refractivity contribution in [2.24, 2.45) is 0 Å². The van der Waals surface area contributed by atoms with Gasteiger partial charge in [0.2, 0.25) is 0 Å². The van der Waals surface area contributed by atoms with E-state index in [0.717, 1.165) is 35.5 Å². The fraction of sp³-hybridized carbons (Fsp3) is 0.235. The molecule has 8 heteroatoms. The molecule has 0 saturated carbocycles. The van der Waals surface area contributed by atoms with E-state index in [1.807, 2.05) is 30.3 Å². The van der Waals surface area contributed by atoms with Gasteiger partial charge in [-0.2, -0.15) is 13.2 Å². The summed E-state index contributed by atoms with van der Waals surface area (Å²) in [5, 5.41) is 20.4. The van der Waals surface area contributed by atoms with E-state index in [0.29, 0.717) is 6.61 Å². The molecule has 134 valence electrons. The third kappa shape index (κ3) is 4.87. The number of fused-ring (bicyclic) bond motifs is 1. The number of benzene rings is 2. The molecular formula is C17H16F3NO4. The Morgan fingerprint density at radius 1 is 1.08 bits per heavy atom. The molecule has 3 rings (SSSR count). The number of nitrogens with one attached hydrogen (secondary N) is 1. The maximum absolute atomic E-state index is 10.6. The molecule has 2 aromatic rings. The highest BCUT2D eigenvalue weighted by Crippen LogP contribution is 2.38. The van der Waals surface area contributed by atoms with Crippen LogP contribution < -0.4 is 10.1 Å². The predicted octanol–water partition coefficient (Wildman–Crippen LogP) is 3.17. The van der Waals surface area contributed by atoms with Gasteiger partial charge in [0.25, 0.3) is 0 Å². The van der Waals surface area contributed by atoms with Crippen LogP contribution >= 0.6 is 0 Å².